The molecule has 3 nitrogen and oxygen atoms in total. The number of hydrogen-bond acceptors (Lipinski definition) is 2. The van der Waals surface area contributed by atoms with E-state index in [9.17, 15) is 4.79 Å². The molecule has 1 aliphatic heterocycles. The van der Waals surface area contributed by atoms with Crippen LogP contribution in [0.25, 0.3) is 10.9 Å². The van der Waals surface area contributed by atoms with Gasteiger partial charge in [-0.1, -0.05) is 6.42 Å². The Hall–Kier alpha value is -1.61. The zero-order valence-electron chi connectivity index (χ0n) is 12.1. The number of carbonyl (C=O) groups excluding carboxylic acids is 1. The second kappa shape index (κ2) is 5.80. The van der Waals surface area contributed by atoms with Gasteiger partial charge in [-0.05, 0) is 57.1 Å². The van der Waals surface area contributed by atoms with Gasteiger partial charge in [0.1, 0.15) is 6.29 Å². The summed E-state index contributed by atoms with van der Waals surface area (Å²) in [6.45, 7) is 2.29. The molecule has 3 heteroatoms. The van der Waals surface area contributed by atoms with E-state index < -0.39 is 0 Å². The quantitative estimate of drug-likeness (QED) is 0.796. The maximum absolute atomic E-state index is 10.8. The Labute approximate surface area is 120 Å². The number of nitrogens with zero attached hydrogens (tertiary/aromatic N) is 2. The molecule has 1 unspecified atom stereocenters. The molecule has 0 spiro atoms. The van der Waals surface area contributed by atoms with Crippen LogP contribution in [0.15, 0.2) is 30.5 Å². The third-order valence-corrected chi connectivity index (χ3v) is 4.56. The lowest BCUT2D eigenvalue weighted by Gasteiger charge is -2.32. The van der Waals surface area contributed by atoms with Crippen LogP contribution in [-0.2, 0) is 6.54 Å². The van der Waals surface area contributed by atoms with E-state index in [4.69, 9.17) is 0 Å². The summed E-state index contributed by atoms with van der Waals surface area (Å²) in [5.74, 6) is 0. The molecule has 0 radical (unpaired) electrons. The van der Waals surface area contributed by atoms with Crippen LogP contribution in [0.3, 0.4) is 0 Å². The third-order valence-electron chi connectivity index (χ3n) is 4.56. The van der Waals surface area contributed by atoms with Gasteiger partial charge in [0, 0.05) is 35.2 Å². The van der Waals surface area contributed by atoms with E-state index in [0.29, 0.717) is 0 Å². The van der Waals surface area contributed by atoms with Crippen molar-refractivity contribution in [3.63, 3.8) is 0 Å². The Kier molecular flexibility index (Phi) is 3.88. The molecular formula is C17H22N2O. The van der Waals surface area contributed by atoms with Gasteiger partial charge < -0.3 is 9.47 Å². The first-order chi connectivity index (χ1) is 9.78. The smallest absolute Gasteiger partial charge is 0.150 e. The fourth-order valence-corrected chi connectivity index (χ4v) is 3.28. The Morgan fingerprint density at radius 2 is 2.20 bits per heavy atom. The highest BCUT2D eigenvalue weighted by Gasteiger charge is 2.18. The van der Waals surface area contributed by atoms with Crippen LogP contribution in [0.1, 0.15) is 36.0 Å². The molecule has 0 saturated carbocycles. The first kappa shape index (κ1) is 13.4. The minimum absolute atomic E-state index is 0.718. The van der Waals surface area contributed by atoms with Crippen LogP contribution in [0, 0.1) is 0 Å². The van der Waals surface area contributed by atoms with E-state index in [-0.39, 0.29) is 0 Å². The second-order valence-corrected chi connectivity index (χ2v) is 5.86. The van der Waals surface area contributed by atoms with Gasteiger partial charge in [-0.15, -0.1) is 0 Å². The fraction of sp³-hybridized carbons (Fsp3) is 0.471. The number of benzene rings is 1. The van der Waals surface area contributed by atoms with Gasteiger partial charge in [0.25, 0.3) is 0 Å². The van der Waals surface area contributed by atoms with E-state index in [1.54, 1.807) is 0 Å². The zero-order chi connectivity index (χ0) is 13.9. The summed E-state index contributed by atoms with van der Waals surface area (Å²) in [6, 6.07) is 8.75. The summed E-state index contributed by atoms with van der Waals surface area (Å²) in [7, 11) is 2.24. The number of aldehydes is 1. The normalized spacial score (nSPS) is 20.4. The topological polar surface area (TPSA) is 25.2 Å². The van der Waals surface area contributed by atoms with Crippen molar-refractivity contribution in [2.45, 2.75) is 38.3 Å². The highest BCUT2D eigenvalue weighted by Crippen LogP contribution is 2.21. The average molecular weight is 270 g/mol. The maximum atomic E-state index is 10.8. The number of carbonyl (C=O) groups is 1. The van der Waals surface area contributed by atoms with Gasteiger partial charge >= 0.3 is 0 Å². The molecule has 1 atom stereocenters. The summed E-state index contributed by atoms with van der Waals surface area (Å²) in [5.41, 5.74) is 1.98. The van der Waals surface area contributed by atoms with Crippen molar-refractivity contribution in [3.8, 4) is 0 Å². The second-order valence-electron chi connectivity index (χ2n) is 5.86. The molecule has 0 aliphatic carbocycles. The number of piperidine rings is 1. The van der Waals surface area contributed by atoms with Crippen LogP contribution in [0.5, 0.6) is 0 Å². The minimum atomic E-state index is 0.718. The molecule has 1 aliphatic rings. The lowest BCUT2D eigenvalue weighted by Crippen LogP contribution is -2.36. The SMILES string of the molecule is CN1CCCCC1CCn1ccc2cc(C=O)ccc21. The molecule has 3 rings (SSSR count). The van der Waals surface area contributed by atoms with Crippen molar-refractivity contribution in [2.24, 2.45) is 0 Å². The highest BCUT2D eigenvalue weighted by atomic mass is 16.1. The zero-order valence-corrected chi connectivity index (χ0v) is 12.1. The van der Waals surface area contributed by atoms with Crippen molar-refractivity contribution in [2.75, 3.05) is 13.6 Å². The van der Waals surface area contributed by atoms with Gasteiger partial charge in [0.05, 0.1) is 0 Å². The van der Waals surface area contributed by atoms with Gasteiger partial charge in [-0.2, -0.15) is 0 Å². The van der Waals surface area contributed by atoms with Crippen molar-refractivity contribution in [1.82, 2.24) is 9.47 Å². The van der Waals surface area contributed by atoms with Gasteiger partial charge in [0.2, 0.25) is 0 Å². The Morgan fingerprint density at radius 1 is 1.30 bits per heavy atom. The molecule has 1 saturated heterocycles. The van der Waals surface area contributed by atoms with E-state index in [0.717, 1.165) is 29.8 Å². The van der Waals surface area contributed by atoms with E-state index in [1.807, 2.05) is 12.1 Å². The third kappa shape index (κ3) is 2.63. The van der Waals surface area contributed by atoms with Crippen molar-refractivity contribution < 1.29 is 4.79 Å². The Balaban J connectivity index is 1.72. The van der Waals surface area contributed by atoms with Crippen LogP contribution in [0.4, 0.5) is 0 Å². The monoisotopic (exact) mass is 270 g/mol. The lowest BCUT2D eigenvalue weighted by atomic mass is 10.0. The summed E-state index contributed by atoms with van der Waals surface area (Å²) < 4.78 is 2.31. The first-order valence-corrected chi connectivity index (χ1v) is 7.52. The van der Waals surface area contributed by atoms with E-state index >= 15 is 0 Å². The van der Waals surface area contributed by atoms with Crippen LogP contribution >= 0.6 is 0 Å². The highest BCUT2D eigenvalue weighted by molar-refractivity contribution is 5.87. The van der Waals surface area contributed by atoms with E-state index in [1.165, 1.54) is 37.7 Å². The predicted molar refractivity (Wildman–Crippen MR) is 82.2 cm³/mol. The molecule has 20 heavy (non-hydrogen) atoms. The van der Waals surface area contributed by atoms with Gasteiger partial charge in [-0.25, -0.2) is 0 Å². The molecule has 1 fully saturated rings. The number of hydrogen-bond donors (Lipinski definition) is 0. The molecule has 2 aromatic rings. The molecular weight excluding hydrogens is 248 g/mol. The summed E-state index contributed by atoms with van der Waals surface area (Å²) in [4.78, 5) is 13.3. The molecule has 0 amide bonds. The van der Waals surface area contributed by atoms with Crippen LogP contribution in [0.2, 0.25) is 0 Å². The predicted octanol–water partition coefficient (Wildman–Crippen LogP) is 3.33. The van der Waals surface area contributed by atoms with Crippen molar-refractivity contribution >= 4 is 17.2 Å². The fourth-order valence-electron chi connectivity index (χ4n) is 3.28. The van der Waals surface area contributed by atoms with Gasteiger partial charge in [-0.3, -0.25) is 4.79 Å². The molecule has 0 N–H and O–H groups in total. The molecule has 2 heterocycles. The average Bonchev–Trinajstić information content (AvgIpc) is 2.88. The van der Waals surface area contributed by atoms with Crippen LogP contribution in [-0.4, -0.2) is 35.4 Å². The molecule has 0 bridgehead atoms. The summed E-state index contributed by atoms with van der Waals surface area (Å²) >= 11 is 0. The number of fused-ring (bicyclic) bond motifs is 1. The summed E-state index contributed by atoms with van der Waals surface area (Å²) in [5, 5.41) is 1.16. The number of likely N-dealkylation sites (tertiary alicyclic amines) is 1. The van der Waals surface area contributed by atoms with E-state index in [2.05, 4.69) is 34.8 Å². The maximum Gasteiger partial charge on any atom is 0.150 e. The standard InChI is InChI=1S/C17H22N2O/c1-18-9-3-2-4-16(18)8-11-19-10-7-15-12-14(13-20)5-6-17(15)19/h5-7,10,12-13,16H,2-4,8-9,11H2,1H3. The number of rotatable bonds is 4. The largest absolute Gasteiger partial charge is 0.347 e. The van der Waals surface area contributed by atoms with Crippen molar-refractivity contribution in [3.05, 3.63) is 36.0 Å². The lowest BCUT2D eigenvalue weighted by molar-refractivity contribution is 0.112. The molecule has 1 aromatic heterocycles. The van der Waals surface area contributed by atoms with Crippen LogP contribution < -0.4 is 0 Å². The van der Waals surface area contributed by atoms with Crippen molar-refractivity contribution in [1.29, 1.82) is 0 Å². The molecule has 1 aromatic carbocycles. The number of aromatic nitrogens is 1. The Morgan fingerprint density at radius 3 is 3.00 bits per heavy atom. The summed E-state index contributed by atoms with van der Waals surface area (Å²) in [6.07, 6.45) is 8.29. The number of aryl methyl sites for hydroxylation is 1. The first-order valence-electron chi connectivity index (χ1n) is 7.52. The molecule has 106 valence electrons. The van der Waals surface area contributed by atoms with Gasteiger partial charge in [0.15, 0.2) is 0 Å². The Bertz CT molecular complexity index is 602. The minimum Gasteiger partial charge on any atom is -0.347 e.